The van der Waals surface area contributed by atoms with Gasteiger partial charge in [-0.2, -0.15) is 0 Å². The van der Waals surface area contributed by atoms with Crippen LogP contribution in [0.5, 0.6) is 0 Å². The van der Waals surface area contributed by atoms with Crippen LogP contribution < -0.4 is 5.73 Å². The van der Waals surface area contributed by atoms with Crippen LogP contribution in [-0.4, -0.2) is 14.2 Å². The lowest BCUT2D eigenvalue weighted by Gasteiger charge is -2.15. The lowest BCUT2D eigenvalue weighted by Crippen LogP contribution is -2.06. The Kier molecular flexibility index (Phi) is 3.71. The number of nitrogen functional groups attached to an aromatic ring is 1. The van der Waals surface area contributed by atoms with Gasteiger partial charge in [0.2, 0.25) is 0 Å². The average molecular weight is 246 g/mol. The molecule has 0 saturated heterocycles. The second-order valence-electron chi connectivity index (χ2n) is 2.58. The summed E-state index contributed by atoms with van der Waals surface area (Å²) in [6.07, 6.45) is -0.405. The molecule has 0 aromatic heterocycles. The van der Waals surface area contributed by atoms with Crippen LogP contribution in [-0.2, 0) is 9.47 Å². The van der Waals surface area contributed by atoms with E-state index in [0.717, 1.165) is 10.0 Å². The lowest BCUT2D eigenvalue weighted by molar-refractivity contribution is -0.105. The van der Waals surface area contributed by atoms with E-state index in [9.17, 15) is 0 Å². The summed E-state index contributed by atoms with van der Waals surface area (Å²) in [5, 5.41) is 0. The van der Waals surface area contributed by atoms with Gasteiger partial charge >= 0.3 is 0 Å². The third-order valence-corrected chi connectivity index (χ3v) is 2.22. The van der Waals surface area contributed by atoms with E-state index < -0.39 is 6.29 Å². The molecular formula is C9H12BrNO2. The van der Waals surface area contributed by atoms with E-state index in [0.29, 0.717) is 5.69 Å². The molecule has 0 fully saturated rings. The van der Waals surface area contributed by atoms with E-state index in [2.05, 4.69) is 15.9 Å². The van der Waals surface area contributed by atoms with Gasteiger partial charge in [0, 0.05) is 29.9 Å². The van der Waals surface area contributed by atoms with Crippen molar-refractivity contribution in [3.05, 3.63) is 28.2 Å². The van der Waals surface area contributed by atoms with E-state index in [-0.39, 0.29) is 0 Å². The molecule has 0 spiro atoms. The third kappa shape index (κ3) is 2.43. The zero-order chi connectivity index (χ0) is 9.84. The lowest BCUT2D eigenvalue weighted by atomic mass is 10.2. The standard InChI is InChI=1S/C9H12BrNO2/c1-12-9(13-2)7-5-6(10)3-4-8(7)11/h3-5,9H,11H2,1-2H3. The van der Waals surface area contributed by atoms with Crippen LogP contribution in [0, 0.1) is 0 Å². The van der Waals surface area contributed by atoms with Crippen LogP contribution >= 0.6 is 15.9 Å². The van der Waals surface area contributed by atoms with Crippen molar-refractivity contribution in [2.75, 3.05) is 20.0 Å². The minimum Gasteiger partial charge on any atom is -0.398 e. The summed E-state index contributed by atoms with van der Waals surface area (Å²) in [5.41, 5.74) is 7.26. The first-order valence-corrected chi connectivity index (χ1v) is 4.59. The number of halogens is 1. The van der Waals surface area contributed by atoms with E-state index >= 15 is 0 Å². The smallest absolute Gasteiger partial charge is 0.185 e. The molecule has 1 rings (SSSR count). The highest BCUT2D eigenvalue weighted by Crippen LogP contribution is 2.26. The van der Waals surface area contributed by atoms with Crippen molar-refractivity contribution in [2.24, 2.45) is 0 Å². The number of anilines is 1. The van der Waals surface area contributed by atoms with Gasteiger partial charge in [-0.1, -0.05) is 15.9 Å². The number of methoxy groups -OCH3 is 2. The molecule has 0 aliphatic carbocycles. The van der Waals surface area contributed by atoms with Gasteiger partial charge in [0.25, 0.3) is 0 Å². The second-order valence-corrected chi connectivity index (χ2v) is 3.49. The first-order valence-electron chi connectivity index (χ1n) is 3.79. The molecule has 1 aromatic carbocycles. The normalized spacial score (nSPS) is 10.8. The maximum absolute atomic E-state index is 5.76. The summed E-state index contributed by atoms with van der Waals surface area (Å²) in [7, 11) is 3.16. The van der Waals surface area contributed by atoms with Crippen LogP contribution in [0.15, 0.2) is 22.7 Å². The van der Waals surface area contributed by atoms with Gasteiger partial charge in [0.15, 0.2) is 6.29 Å². The van der Waals surface area contributed by atoms with Crippen LogP contribution in [0.3, 0.4) is 0 Å². The number of ether oxygens (including phenoxy) is 2. The Balaban J connectivity index is 3.03. The number of nitrogens with two attached hydrogens (primary N) is 1. The highest BCUT2D eigenvalue weighted by Gasteiger charge is 2.12. The molecule has 0 radical (unpaired) electrons. The van der Waals surface area contributed by atoms with Gasteiger partial charge < -0.3 is 15.2 Å². The first-order chi connectivity index (χ1) is 6.19. The van der Waals surface area contributed by atoms with Crippen LogP contribution in [0.2, 0.25) is 0 Å². The molecular weight excluding hydrogens is 234 g/mol. The van der Waals surface area contributed by atoms with E-state index in [1.807, 2.05) is 18.2 Å². The second kappa shape index (κ2) is 4.60. The fourth-order valence-electron chi connectivity index (χ4n) is 1.10. The summed E-state index contributed by atoms with van der Waals surface area (Å²) in [6, 6.07) is 5.57. The van der Waals surface area contributed by atoms with Gasteiger partial charge in [-0.3, -0.25) is 0 Å². The predicted octanol–water partition coefficient (Wildman–Crippen LogP) is 2.32. The average Bonchev–Trinajstić information content (AvgIpc) is 2.13. The van der Waals surface area contributed by atoms with Crippen LogP contribution in [0.4, 0.5) is 5.69 Å². The minimum atomic E-state index is -0.405. The maximum atomic E-state index is 5.76. The fourth-order valence-corrected chi connectivity index (χ4v) is 1.48. The Morgan fingerprint density at radius 3 is 2.46 bits per heavy atom. The molecule has 0 unspecified atom stereocenters. The molecule has 13 heavy (non-hydrogen) atoms. The highest BCUT2D eigenvalue weighted by atomic mass is 79.9. The van der Waals surface area contributed by atoms with Crippen molar-refractivity contribution in [3.8, 4) is 0 Å². The summed E-state index contributed by atoms with van der Waals surface area (Å²) >= 11 is 3.36. The predicted molar refractivity (Wildman–Crippen MR) is 55.3 cm³/mol. The molecule has 0 atom stereocenters. The molecule has 2 N–H and O–H groups in total. The first kappa shape index (κ1) is 10.5. The van der Waals surface area contributed by atoms with Crippen molar-refractivity contribution < 1.29 is 9.47 Å². The largest absolute Gasteiger partial charge is 0.398 e. The minimum absolute atomic E-state index is 0.405. The van der Waals surface area contributed by atoms with Crippen molar-refractivity contribution in [3.63, 3.8) is 0 Å². The molecule has 3 nitrogen and oxygen atoms in total. The van der Waals surface area contributed by atoms with Crippen LogP contribution in [0.1, 0.15) is 11.9 Å². The van der Waals surface area contributed by atoms with Gasteiger partial charge in [-0.25, -0.2) is 0 Å². The summed E-state index contributed by atoms with van der Waals surface area (Å²) in [5.74, 6) is 0. The van der Waals surface area contributed by atoms with Crippen molar-refractivity contribution in [2.45, 2.75) is 6.29 Å². The summed E-state index contributed by atoms with van der Waals surface area (Å²) < 4.78 is 11.2. The Morgan fingerprint density at radius 2 is 1.92 bits per heavy atom. The molecule has 0 saturated carbocycles. The van der Waals surface area contributed by atoms with Gasteiger partial charge in [0.1, 0.15) is 0 Å². The zero-order valence-electron chi connectivity index (χ0n) is 7.58. The van der Waals surface area contributed by atoms with E-state index in [1.165, 1.54) is 0 Å². The quantitative estimate of drug-likeness (QED) is 0.657. The molecule has 4 heteroatoms. The molecule has 0 bridgehead atoms. The summed E-state index contributed by atoms with van der Waals surface area (Å²) in [4.78, 5) is 0. The topological polar surface area (TPSA) is 44.5 Å². The van der Waals surface area contributed by atoms with Crippen molar-refractivity contribution >= 4 is 21.6 Å². The van der Waals surface area contributed by atoms with Gasteiger partial charge in [0.05, 0.1) is 0 Å². The number of hydrogen-bond acceptors (Lipinski definition) is 3. The summed E-state index contributed by atoms with van der Waals surface area (Å²) in [6.45, 7) is 0. The molecule has 0 aliphatic heterocycles. The Morgan fingerprint density at radius 1 is 1.31 bits per heavy atom. The molecule has 0 heterocycles. The third-order valence-electron chi connectivity index (χ3n) is 1.73. The van der Waals surface area contributed by atoms with E-state index in [1.54, 1.807) is 14.2 Å². The highest BCUT2D eigenvalue weighted by molar-refractivity contribution is 9.10. The Bertz CT molecular complexity index is 287. The number of benzene rings is 1. The Labute approximate surface area is 86.0 Å². The van der Waals surface area contributed by atoms with E-state index in [4.69, 9.17) is 15.2 Å². The van der Waals surface area contributed by atoms with Crippen LogP contribution in [0.25, 0.3) is 0 Å². The van der Waals surface area contributed by atoms with Gasteiger partial charge in [-0.15, -0.1) is 0 Å². The fraction of sp³-hybridized carbons (Fsp3) is 0.333. The van der Waals surface area contributed by atoms with Crippen molar-refractivity contribution in [1.82, 2.24) is 0 Å². The molecule has 72 valence electrons. The molecule has 0 aliphatic rings. The number of hydrogen-bond donors (Lipinski definition) is 1. The molecule has 0 amide bonds. The Hall–Kier alpha value is -0.580. The van der Waals surface area contributed by atoms with Gasteiger partial charge in [-0.05, 0) is 18.2 Å². The monoisotopic (exact) mass is 245 g/mol. The molecule has 1 aromatic rings. The SMILES string of the molecule is COC(OC)c1cc(Br)ccc1N. The maximum Gasteiger partial charge on any atom is 0.185 e. The van der Waals surface area contributed by atoms with Crippen molar-refractivity contribution in [1.29, 1.82) is 0 Å². The number of rotatable bonds is 3. The zero-order valence-corrected chi connectivity index (χ0v) is 9.17.